The number of unbranched alkanes of at least 4 members (excludes halogenated alkanes) is 34. The summed E-state index contributed by atoms with van der Waals surface area (Å²) in [4.78, 5) is 35.0. The number of phosphoric acid groups is 1. The Bertz CT molecular complexity index is 907. The van der Waals surface area contributed by atoms with Crippen LogP contribution in [0.4, 0.5) is 0 Å². The second-order valence-electron chi connectivity index (χ2n) is 16.7. The van der Waals surface area contributed by atoms with Gasteiger partial charge in [0.2, 0.25) is 0 Å². The Morgan fingerprint density at radius 1 is 0.456 bits per heavy atom. The normalized spacial score (nSPS) is 13.1. The molecule has 0 aliphatic carbocycles. The Labute approximate surface area is 352 Å². The lowest BCUT2D eigenvalue weighted by Crippen LogP contribution is -2.29. The molecular weight excluding hydrogens is 737 g/mol. The highest BCUT2D eigenvalue weighted by molar-refractivity contribution is 7.47. The van der Waals surface area contributed by atoms with Crippen molar-refractivity contribution in [3.8, 4) is 0 Å². The van der Waals surface area contributed by atoms with Crippen LogP contribution in [0.25, 0.3) is 0 Å². The molecule has 0 radical (unpaired) electrons. The van der Waals surface area contributed by atoms with E-state index in [2.05, 4.69) is 13.8 Å². The third-order valence-electron chi connectivity index (χ3n) is 11.0. The molecule has 0 fully saturated rings. The van der Waals surface area contributed by atoms with Crippen LogP contribution in [0, 0.1) is 0 Å². The van der Waals surface area contributed by atoms with Gasteiger partial charge in [0.05, 0.1) is 13.2 Å². The number of nitrogens with two attached hydrogens (primary N) is 1. The Kier molecular flexibility index (Phi) is 43.8. The Morgan fingerprint density at radius 2 is 0.754 bits per heavy atom. The Hall–Kier alpha value is -0.990. The van der Waals surface area contributed by atoms with Crippen molar-refractivity contribution in [2.75, 3.05) is 26.4 Å². The highest BCUT2D eigenvalue weighted by Gasteiger charge is 2.26. The number of rotatable bonds is 47. The molecule has 340 valence electrons. The monoisotopic (exact) mass is 832 g/mol. The molecule has 0 rings (SSSR count). The standard InChI is InChI=1S/C47H94NO8P/c1-3-5-7-9-11-13-15-17-19-21-22-24-25-27-29-31-33-35-37-39-46(49)53-43-45(44-55-57(51,52)54-42-41-48)56-47(50)40-38-36-34-32-30-28-26-23-20-18-16-14-12-10-8-6-4-2/h45H,3-44,48H2,1-2H3,(H,51,52). The van der Waals surface area contributed by atoms with E-state index in [1.807, 2.05) is 0 Å². The molecule has 0 spiro atoms. The van der Waals surface area contributed by atoms with Crippen LogP contribution in [0.2, 0.25) is 0 Å². The molecule has 2 unspecified atom stereocenters. The van der Waals surface area contributed by atoms with E-state index in [9.17, 15) is 19.0 Å². The summed E-state index contributed by atoms with van der Waals surface area (Å²) in [6.45, 7) is 3.80. The topological polar surface area (TPSA) is 134 Å². The lowest BCUT2D eigenvalue weighted by Gasteiger charge is -2.19. The maximum absolute atomic E-state index is 12.6. The predicted octanol–water partition coefficient (Wildman–Crippen LogP) is 14.4. The van der Waals surface area contributed by atoms with E-state index in [1.165, 1.54) is 193 Å². The van der Waals surface area contributed by atoms with Gasteiger partial charge in [-0.1, -0.05) is 232 Å². The first kappa shape index (κ1) is 56.0. The second kappa shape index (κ2) is 44.6. The Morgan fingerprint density at radius 3 is 1.07 bits per heavy atom. The molecule has 0 saturated heterocycles. The zero-order valence-corrected chi connectivity index (χ0v) is 38.5. The average Bonchev–Trinajstić information content (AvgIpc) is 3.20. The first-order valence-electron chi connectivity index (χ1n) is 24.5. The second-order valence-corrected chi connectivity index (χ2v) is 18.2. The van der Waals surface area contributed by atoms with Crippen molar-refractivity contribution >= 4 is 19.8 Å². The van der Waals surface area contributed by atoms with E-state index in [0.717, 1.165) is 32.1 Å². The van der Waals surface area contributed by atoms with E-state index >= 15 is 0 Å². The van der Waals surface area contributed by atoms with Crippen molar-refractivity contribution < 1.29 is 37.6 Å². The van der Waals surface area contributed by atoms with Crippen molar-refractivity contribution in [3.05, 3.63) is 0 Å². The maximum atomic E-state index is 12.6. The third-order valence-corrected chi connectivity index (χ3v) is 12.0. The van der Waals surface area contributed by atoms with Crippen LogP contribution >= 0.6 is 7.82 Å². The Balaban J connectivity index is 4.02. The van der Waals surface area contributed by atoms with Crippen molar-refractivity contribution in [2.24, 2.45) is 5.73 Å². The average molecular weight is 832 g/mol. The van der Waals surface area contributed by atoms with E-state index < -0.39 is 26.5 Å². The number of carbonyl (C=O) groups excluding carboxylic acids is 2. The number of ether oxygens (including phenoxy) is 2. The zero-order chi connectivity index (χ0) is 41.8. The lowest BCUT2D eigenvalue weighted by atomic mass is 10.0. The fraction of sp³-hybridized carbons (Fsp3) is 0.957. The van der Waals surface area contributed by atoms with Gasteiger partial charge in [-0.3, -0.25) is 18.6 Å². The predicted molar refractivity (Wildman–Crippen MR) is 238 cm³/mol. The summed E-state index contributed by atoms with van der Waals surface area (Å²) in [6, 6.07) is 0. The van der Waals surface area contributed by atoms with Crippen molar-refractivity contribution in [1.29, 1.82) is 0 Å². The van der Waals surface area contributed by atoms with Crippen molar-refractivity contribution in [1.82, 2.24) is 0 Å². The molecular formula is C47H94NO8P. The van der Waals surface area contributed by atoms with Crippen LogP contribution in [-0.2, 0) is 32.7 Å². The molecule has 0 aromatic heterocycles. The van der Waals surface area contributed by atoms with Gasteiger partial charge in [-0.2, -0.15) is 0 Å². The summed E-state index contributed by atoms with van der Waals surface area (Å²) in [6.07, 6.45) is 45.6. The van der Waals surface area contributed by atoms with Crippen molar-refractivity contribution in [2.45, 2.75) is 264 Å². The molecule has 0 aromatic carbocycles. The van der Waals surface area contributed by atoms with Crippen LogP contribution in [0.5, 0.6) is 0 Å². The van der Waals surface area contributed by atoms with E-state index in [0.29, 0.717) is 6.42 Å². The smallest absolute Gasteiger partial charge is 0.462 e. The molecule has 0 saturated carbocycles. The molecule has 0 heterocycles. The summed E-state index contributed by atoms with van der Waals surface area (Å²) < 4.78 is 32.9. The summed E-state index contributed by atoms with van der Waals surface area (Å²) in [7, 11) is -4.37. The molecule has 0 aromatic rings. The summed E-state index contributed by atoms with van der Waals surface area (Å²) in [5, 5.41) is 0. The number of hydrogen-bond acceptors (Lipinski definition) is 8. The maximum Gasteiger partial charge on any atom is 0.472 e. The molecule has 0 amide bonds. The van der Waals surface area contributed by atoms with Crippen LogP contribution < -0.4 is 5.73 Å². The summed E-state index contributed by atoms with van der Waals surface area (Å²) in [5.74, 6) is -0.808. The number of hydrogen-bond donors (Lipinski definition) is 2. The number of phosphoric ester groups is 1. The van der Waals surface area contributed by atoms with Gasteiger partial charge >= 0.3 is 19.8 Å². The fourth-order valence-electron chi connectivity index (χ4n) is 7.34. The summed E-state index contributed by atoms with van der Waals surface area (Å²) in [5.41, 5.74) is 5.36. The molecule has 3 N–H and O–H groups in total. The van der Waals surface area contributed by atoms with Gasteiger partial charge in [0.1, 0.15) is 6.61 Å². The van der Waals surface area contributed by atoms with Gasteiger partial charge in [-0.05, 0) is 12.8 Å². The third kappa shape index (κ3) is 44.4. The first-order valence-corrected chi connectivity index (χ1v) is 26.0. The molecule has 9 nitrogen and oxygen atoms in total. The van der Waals surface area contributed by atoms with Crippen LogP contribution in [-0.4, -0.2) is 49.3 Å². The lowest BCUT2D eigenvalue weighted by molar-refractivity contribution is -0.161. The first-order chi connectivity index (χ1) is 27.8. The van der Waals surface area contributed by atoms with E-state index in [1.54, 1.807) is 0 Å². The number of carbonyl (C=O) groups is 2. The van der Waals surface area contributed by atoms with Gasteiger partial charge in [0.15, 0.2) is 6.10 Å². The van der Waals surface area contributed by atoms with Gasteiger partial charge < -0.3 is 20.1 Å². The fourth-order valence-corrected chi connectivity index (χ4v) is 8.11. The molecule has 0 bridgehead atoms. The van der Waals surface area contributed by atoms with Gasteiger partial charge in [-0.25, -0.2) is 4.57 Å². The zero-order valence-electron chi connectivity index (χ0n) is 37.6. The minimum absolute atomic E-state index is 0.0583. The summed E-state index contributed by atoms with van der Waals surface area (Å²) >= 11 is 0. The minimum Gasteiger partial charge on any atom is -0.462 e. The largest absolute Gasteiger partial charge is 0.472 e. The molecule has 2 atom stereocenters. The van der Waals surface area contributed by atoms with Crippen molar-refractivity contribution in [3.63, 3.8) is 0 Å². The van der Waals surface area contributed by atoms with E-state index in [-0.39, 0.29) is 38.6 Å². The molecule has 10 heteroatoms. The van der Waals surface area contributed by atoms with Gasteiger partial charge in [0.25, 0.3) is 0 Å². The molecule has 0 aliphatic rings. The number of esters is 2. The molecule has 57 heavy (non-hydrogen) atoms. The highest BCUT2D eigenvalue weighted by Crippen LogP contribution is 2.43. The van der Waals surface area contributed by atoms with Crippen LogP contribution in [0.15, 0.2) is 0 Å². The van der Waals surface area contributed by atoms with Gasteiger partial charge in [0, 0.05) is 19.4 Å². The SMILES string of the molecule is CCCCCCCCCCCCCCCCCCCCCC(=O)OCC(COP(=O)(O)OCCN)OC(=O)CCCCCCCCCCCCCCCCCCC. The molecule has 0 aliphatic heterocycles. The van der Waals surface area contributed by atoms with E-state index in [4.69, 9.17) is 24.3 Å². The van der Waals surface area contributed by atoms with Crippen LogP contribution in [0.3, 0.4) is 0 Å². The van der Waals surface area contributed by atoms with Crippen LogP contribution in [0.1, 0.15) is 258 Å². The van der Waals surface area contributed by atoms with Gasteiger partial charge in [-0.15, -0.1) is 0 Å². The highest BCUT2D eigenvalue weighted by atomic mass is 31.2. The quantitative estimate of drug-likeness (QED) is 0.0349. The minimum atomic E-state index is -4.37.